The molecule has 14 heteroatoms. The number of ether oxygens (including phenoxy) is 2. The highest BCUT2D eigenvalue weighted by molar-refractivity contribution is 7.89. The maximum atomic E-state index is 13.0. The van der Waals surface area contributed by atoms with Crippen LogP contribution >= 0.6 is 22.9 Å². The van der Waals surface area contributed by atoms with Gasteiger partial charge in [-0.1, -0.05) is 58.8 Å². The number of fused-ring (bicyclic) bond motifs is 1. The summed E-state index contributed by atoms with van der Waals surface area (Å²) in [5, 5.41) is 11.8. The molecule has 6 rings (SSSR count). The predicted octanol–water partition coefficient (Wildman–Crippen LogP) is 6.17. The van der Waals surface area contributed by atoms with Crippen LogP contribution in [0.2, 0.25) is 5.02 Å². The van der Waals surface area contributed by atoms with Gasteiger partial charge in [0.05, 0.1) is 27.9 Å². The number of nitrogens with two attached hydrogens (primary N) is 1. The molecule has 0 bridgehead atoms. The van der Waals surface area contributed by atoms with E-state index >= 15 is 0 Å². The van der Waals surface area contributed by atoms with Crippen molar-refractivity contribution in [2.24, 2.45) is 0 Å². The molecule has 3 aromatic heterocycles. The third kappa shape index (κ3) is 7.50. The Morgan fingerprint density at radius 3 is 2.60 bits per heavy atom. The number of esters is 1. The number of pyridine rings is 1. The van der Waals surface area contributed by atoms with E-state index in [0.29, 0.717) is 33.1 Å². The Balaban J connectivity index is 1.10. The Hall–Kier alpha value is -4.82. The maximum absolute atomic E-state index is 13.0. The molecule has 0 saturated carbocycles. The summed E-state index contributed by atoms with van der Waals surface area (Å²) < 4.78 is 41.5. The van der Waals surface area contributed by atoms with Crippen molar-refractivity contribution in [3.8, 4) is 17.0 Å². The number of rotatable bonds is 12. The summed E-state index contributed by atoms with van der Waals surface area (Å²) in [5.41, 5.74) is 11.7. The van der Waals surface area contributed by atoms with Gasteiger partial charge >= 0.3 is 5.97 Å². The van der Waals surface area contributed by atoms with Gasteiger partial charge in [-0.25, -0.2) is 27.6 Å². The van der Waals surface area contributed by atoms with Crippen LogP contribution in [0.25, 0.3) is 21.3 Å². The fraction of sp³-hybridized carbons (Fsp3) is 0.176. The van der Waals surface area contributed by atoms with Crippen LogP contribution in [0, 0.1) is 13.8 Å². The van der Waals surface area contributed by atoms with Gasteiger partial charge < -0.3 is 15.2 Å². The van der Waals surface area contributed by atoms with Crippen LogP contribution in [-0.4, -0.2) is 47.5 Å². The summed E-state index contributed by atoms with van der Waals surface area (Å²) in [4.78, 5) is 17.4. The molecule has 0 radical (unpaired) electrons. The van der Waals surface area contributed by atoms with Crippen molar-refractivity contribution in [3.63, 3.8) is 0 Å². The zero-order valence-corrected chi connectivity index (χ0v) is 28.4. The smallest absolute Gasteiger partial charge is 0.341 e. The van der Waals surface area contributed by atoms with Gasteiger partial charge in [-0.05, 0) is 60.7 Å². The van der Waals surface area contributed by atoms with E-state index in [1.54, 1.807) is 16.8 Å². The fourth-order valence-corrected chi connectivity index (χ4v) is 7.14. The monoisotopic (exact) mass is 702 g/mol. The van der Waals surface area contributed by atoms with Crippen molar-refractivity contribution in [1.82, 2.24) is 24.7 Å². The average Bonchev–Trinajstić information content (AvgIpc) is 3.72. The Morgan fingerprint density at radius 1 is 1.06 bits per heavy atom. The number of sulfonamides is 1. The van der Waals surface area contributed by atoms with Crippen molar-refractivity contribution in [2.45, 2.75) is 31.9 Å². The predicted molar refractivity (Wildman–Crippen MR) is 186 cm³/mol. The molecule has 6 aromatic rings. The summed E-state index contributed by atoms with van der Waals surface area (Å²) in [6.45, 7) is 4.31. The van der Waals surface area contributed by atoms with E-state index in [0.717, 1.165) is 27.8 Å². The van der Waals surface area contributed by atoms with Crippen LogP contribution in [-0.2, 0) is 27.9 Å². The second-order valence-electron chi connectivity index (χ2n) is 11.1. The Morgan fingerprint density at radius 2 is 1.83 bits per heavy atom. The van der Waals surface area contributed by atoms with Gasteiger partial charge in [0.15, 0.2) is 0 Å². The number of halogens is 1. The van der Waals surface area contributed by atoms with E-state index in [9.17, 15) is 13.2 Å². The molecule has 0 atom stereocenters. The number of aromatic nitrogens is 4. The first-order valence-electron chi connectivity index (χ1n) is 14.8. The topological polar surface area (TPSA) is 151 Å². The standard InChI is InChI=1S/C34H31ClN6O5S2/c1-21-3-11-27(12-4-21)48(43,44)38-13-14-45-34(42)28-16-37-33(36)31-25(20-47-32(28)31)19-46-30-15-24(8-5-22(30)2)29-18-41(40-39-29)17-23-6-9-26(35)10-7-23/h3-12,15-16,18,20,38H,13-14,17,19H2,1-2H3,(H2,36,37). The third-order valence-corrected chi connectivity index (χ3v) is 10.3. The van der Waals surface area contributed by atoms with E-state index in [4.69, 9.17) is 26.8 Å². The van der Waals surface area contributed by atoms with Crippen molar-refractivity contribution in [2.75, 3.05) is 18.9 Å². The van der Waals surface area contributed by atoms with Crippen LogP contribution < -0.4 is 15.2 Å². The molecule has 0 fully saturated rings. The highest BCUT2D eigenvalue weighted by Crippen LogP contribution is 2.34. The number of aryl methyl sites for hydroxylation is 2. The molecule has 246 valence electrons. The Labute approximate surface area is 286 Å². The second kappa shape index (κ2) is 14.1. The first-order chi connectivity index (χ1) is 23.1. The molecular formula is C34H31ClN6O5S2. The minimum Gasteiger partial charge on any atom is -0.489 e. The van der Waals surface area contributed by atoms with Crippen molar-refractivity contribution >= 4 is 54.8 Å². The van der Waals surface area contributed by atoms with Crippen LogP contribution in [0.4, 0.5) is 5.82 Å². The number of benzene rings is 3. The molecule has 0 amide bonds. The molecule has 0 aliphatic heterocycles. The van der Waals surface area contributed by atoms with Crippen LogP contribution in [0.15, 0.2) is 89.4 Å². The summed E-state index contributed by atoms with van der Waals surface area (Å²) in [6.07, 6.45) is 3.24. The summed E-state index contributed by atoms with van der Waals surface area (Å²) in [6, 6.07) is 19.9. The number of nitrogens with zero attached hydrogens (tertiary/aromatic N) is 4. The number of carbonyl (C=O) groups is 1. The van der Waals surface area contributed by atoms with E-state index in [1.807, 2.05) is 67.9 Å². The van der Waals surface area contributed by atoms with Gasteiger partial charge in [-0.3, -0.25) is 0 Å². The van der Waals surface area contributed by atoms with Gasteiger partial charge in [0, 0.05) is 34.3 Å². The Kier molecular flexibility index (Phi) is 9.73. The quantitative estimate of drug-likeness (QED) is 0.113. The van der Waals surface area contributed by atoms with Gasteiger partial charge in [0.25, 0.3) is 0 Å². The van der Waals surface area contributed by atoms with Crippen LogP contribution in [0.5, 0.6) is 5.75 Å². The molecule has 0 aliphatic rings. The lowest BCUT2D eigenvalue weighted by atomic mass is 10.1. The summed E-state index contributed by atoms with van der Waals surface area (Å²) >= 11 is 7.33. The minimum absolute atomic E-state index is 0.0892. The van der Waals surface area contributed by atoms with Gasteiger partial charge in [0.2, 0.25) is 10.0 Å². The van der Waals surface area contributed by atoms with E-state index in [2.05, 4.69) is 20.0 Å². The zero-order chi connectivity index (χ0) is 33.8. The molecule has 0 saturated heterocycles. The second-order valence-corrected chi connectivity index (χ2v) is 14.1. The lowest BCUT2D eigenvalue weighted by Crippen LogP contribution is -2.28. The van der Waals surface area contributed by atoms with Crippen molar-refractivity contribution < 1.29 is 22.7 Å². The number of nitrogens with one attached hydrogen (secondary N) is 1. The highest BCUT2D eigenvalue weighted by atomic mass is 35.5. The molecule has 3 N–H and O–H groups in total. The van der Waals surface area contributed by atoms with E-state index < -0.39 is 16.0 Å². The number of nitrogen functional groups attached to an aromatic ring is 1. The molecule has 0 unspecified atom stereocenters. The maximum Gasteiger partial charge on any atom is 0.341 e. The first-order valence-corrected chi connectivity index (χ1v) is 17.6. The molecule has 3 aromatic carbocycles. The normalized spacial score (nSPS) is 11.6. The minimum atomic E-state index is -3.73. The molecule has 0 aliphatic carbocycles. The zero-order valence-electron chi connectivity index (χ0n) is 26.0. The van der Waals surface area contributed by atoms with Crippen LogP contribution in [0.1, 0.15) is 32.6 Å². The molecule has 0 spiro atoms. The molecule has 11 nitrogen and oxygen atoms in total. The fourth-order valence-electron chi connectivity index (χ4n) is 4.94. The largest absolute Gasteiger partial charge is 0.489 e. The van der Waals surface area contributed by atoms with Gasteiger partial charge in [-0.2, -0.15) is 0 Å². The lowest BCUT2D eigenvalue weighted by molar-refractivity contribution is 0.0515. The molecule has 48 heavy (non-hydrogen) atoms. The number of hydrogen-bond acceptors (Lipinski definition) is 10. The summed E-state index contributed by atoms with van der Waals surface area (Å²) in [7, 11) is -3.73. The number of hydrogen-bond donors (Lipinski definition) is 2. The van der Waals surface area contributed by atoms with Crippen LogP contribution in [0.3, 0.4) is 0 Å². The SMILES string of the molecule is Cc1ccc(S(=O)(=O)NCCOC(=O)c2cnc(N)c3c(COc4cc(-c5cn(Cc6ccc(Cl)cc6)nn5)ccc4C)csc23)cc1. The van der Waals surface area contributed by atoms with E-state index in [1.165, 1.54) is 29.7 Å². The summed E-state index contributed by atoms with van der Waals surface area (Å²) in [5.74, 6) is 0.285. The molecular weight excluding hydrogens is 672 g/mol. The van der Waals surface area contributed by atoms with Crippen molar-refractivity contribution in [3.05, 3.63) is 117 Å². The molecule has 3 heterocycles. The number of thiophene rings is 1. The average molecular weight is 703 g/mol. The third-order valence-electron chi connectivity index (χ3n) is 7.54. The first kappa shape index (κ1) is 33.1. The highest BCUT2D eigenvalue weighted by Gasteiger charge is 2.20. The number of anilines is 1. The lowest BCUT2D eigenvalue weighted by Gasteiger charge is -2.11. The Bertz CT molecular complexity index is 2200. The van der Waals surface area contributed by atoms with Gasteiger partial charge in [0.1, 0.15) is 30.5 Å². The number of carbonyl (C=O) groups excluding carboxylic acids is 1. The van der Waals surface area contributed by atoms with Gasteiger partial charge in [-0.15, -0.1) is 16.4 Å². The van der Waals surface area contributed by atoms with E-state index in [-0.39, 0.29) is 36.0 Å². The van der Waals surface area contributed by atoms with Crippen molar-refractivity contribution in [1.29, 1.82) is 0 Å².